The Labute approximate surface area is 134 Å². The minimum Gasteiger partial charge on any atom is -0.481 e. The first-order chi connectivity index (χ1) is 11.1. The average molecular weight is 322 g/mol. The Morgan fingerprint density at radius 3 is 2.74 bits per heavy atom. The van der Waals surface area contributed by atoms with Gasteiger partial charge in [0.15, 0.2) is 0 Å². The molecule has 126 valence electrons. The number of amides is 2. The highest BCUT2D eigenvalue weighted by Gasteiger charge is 2.14. The third-order valence-electron chi connectivity index (χ3n) is 3.51. The molecule has 2 heterocycles. The molecule has 8 heteroatoms. The van der Waals surface area contributed by atoms with Gasteiger partial charge in [-0.15, -0.1) is 0 Å². The number of anilines is 2. The standard InChI is InChI=1S/C15H22N4O4/c1-11-12(18-15(22)16-6-2-3-14(20)21)4-5-13(17-11)19-7-9-23-10-8-19/h4-5H,2-3,6-10H2,1H3,(H,20,21)(H2,16,18,22). The average Bonchev–Trinajstić information content (AvgIpc) is 2.54. The lowest BCUT2D eigenvalue weighted by Crippen LogP contribution is -2.37. The number of hydrogen-bond acceptors (Lipinski definition) is 5. The van der Waals surface area contributed by atoms with E-state index in [1.165, 1.54) is 0 Å². The Bertz CT molecular complexity index is 558. The van der Waals surface area contributed by atoms with E-state index in [4.69, 9.17) is 9.84 Å². The molecular formula is C15H22N4O4. The maximum absolute atomic E-state index is 11.8. The lowest BCUT2D eigenvalue weighted by atomic mass is 10.3. The SMILES string of the molecule is Cc1nc(N2CCOCC2)ccc1NC(=O)NCCCC(=O)O. The number of carbonyl (C=O) groups excluding carboxylic acids is 1. The van der Waals surface area contributed by atoms with Crippen LogP contribution in [0.4, 0.5) is 16.3 Å². The highest BCUT2D eigenvalue weighted by atomic mass is 16.5. The van der Waals surface area contributed by atoms with Crippen molar-refractivity contribution >= 4 is 23.5 Å². The molecule has 0 saturated carbocycles. The van der Waals surface area contributed by atoms with Crippen molar-refractivity contribution in [1.82, 2.24) is 10.3 Å². The van der Waals surface area contributed by atoms with Crippen molar-refractivity contribution in [2.75, 3.05) is 43.1 Å². The van der Waals surface area contributed by atoms with Crippen molar-refractivity contribution in [3.8, 4) is 0 Å². The van der Waals surface area contributed by atoms with Crippen LogP contribution in [0.5, 0.6) is 0 Å². The number of rotatable bonds is 6. The molecule has 2 amide bonds. The molecule has 3 N–H and O–H groups in total. The highest BCUT2D eigenvalue weighted by molar-refractivity contribution is 5.89. The van der Waals surface area contributed by atoms with E-state index < -0.39 is 5.97 Å². The Morgan fingerprint density at radius 2 is 2.09 bits per heavy atom. The number of aryl methyl sites for hydroxylation is 1. The van der Waals surface area contributed by atoms with E-state index in [0.717, 1.165) is 24.6 Å². The minimum absolute atomic E-state index is 0.0368. The van der Waals surface area contributed by atoms with E-state index in [0.29, 0.717) is 31.9 Å². The number of nitrogens with one attached hydrogen (secondary N) is 2. The van der Waals surface area contributed by atoms with E-state index in [-0.39, 0.29) is 12.5 Å². The van der Waals surface area contributed by atoms with Gasteiger partial charge in [-0.05, 0) is 25.5 Å². The number of morpholine rings is 1. The van der Waals surface area contributed by atoms with Crippen molar-refractivity contribution in [2.45, 2.75) is 19.8 Å². The number of urea groups is 1. The van der Waals surface area contributed by atoms with Crippen LogP contribution in [0.1, 0.15) is 18.5 Å². The van der Waals surface area contributed by atoms with Crippen molar-refractivity contribution < 1.29 is 19.4 Å². The van der Waals surface area contributed by atoms with E-state index in [2.05, 4.69) is 20.5 Å². The predicted octanol–water partition coefficient (Wildman–Crippen LogP) is 1.21. The van der Waals surface area contributed by atoms with Crippen molar-refractivity contribution in [1.29, 1.82) is 0 Å². The number of carbonyl (C=O) groups is 2. The molecule has 8 nitrogen and oxygen atoms in total. The van der Waals surface area contributed by atoms with Crippen LogP contribution in [-0.2, 0) is 9.53 Å². The summed E-state index contributed by atoms with van der Waals surface area (Å²) in [6, 6.07) is 3.34. The molecule has 1 aliphatic rings. The van der Waals surface area contributed by atoms with Gasteiger partial charge in [0.1, 0.15) is 5.82 Å². The zero-order valence-electron chi connectivity index (χ0n) is 13.2. The maximum Gasteiger partial charge on any atom is 0.319 e. The van der Waals surface area contributed by atoms with Crippen LogP contribution in [0, 0.1) is 6.92 Å². The molecule has 0 spiro atoms. The lowest BCUT2D eigenvalue weighted by molar-refractivity contribution is -0.137. The topological polar surface area (TPSA) is 104 Å². The summed E-state index contributed by atoms with van der Waals surface area (Å²) in [6.07, 6.45) is 0.436. The second-order valence-electron chi connectivity index (χ2n) is 5.28. The van der Waals surface area contributed by atoms with E-state index >= 15 is 0 Å². The van der Waals surface area contributed by atoms with E-state index in [1.54, 1.807) is 0 Å². The van der Waals surface area contributed by atoms with Crippen LogP contribution in [0.15, 0.2) is 12.1 Å². The summed E-state index contributed by atoms with van der Waals surface area (Å²) in [7, 11) is 0. The van der Waals surface area contributed by atoms with Crippen LogP contribution in [0.2, 0.25) is 0 Å². The van der Waals surface area contributed by atoms with Gasteiger partial charge in [-0.25, -0.2) is 9.78 Å². The molecule has 1 aromatic rings. The van der Waals surface area contributed by atoms with Crippen LogP contribution < -0.4 is 15.5 Å². The number of aromatic nitrogens is 1. The fraction of sp³-hybridized carbons (Fsp3) is 0.533. The van der Waals surface area contributed by atoms with Gasteiger partial charge in [0.25, 0.3) is 0 Å². The molecule has 0 atom stereocenters. The normalized spacial score (nSPS) is 14.4. The number of aliphatic carboxylic acids is 1. The smallest absolute Gasteiger partial charge is 0.319 e. The Kier molecular flexibility index (Phi) is 6.16. The lowest BCUT2D eigenvalue weighted by Gasteiger charge is -2.28. The fourth-order valence-electron chi connectivity index (χ4n) is 2.26. The molecule has 0 aliphatic carbocycles. The number of pyridine rings is 1. The van der Waals surface area contributed by atoms with Gasteiger partial charge < -0.3 is 25.4 Å². The summed E-state index contributed by atoms with van der Waals surface area (Å²) < 4.78 is 5.32. The monoisotopic (exact) mass is 322 g/mol. The van der Waals surface area contributed by atoms with Gasteiger partial charge in [0.05, 0.1) is 24.6 Å². The van der Waals surface area contributed by atoms with Crippen molar-refractivity contribution in [3.63, 3.8) is 0 Å². The molecule has 0 unspecified atom stereocenters. The quantitative estimate of drug-likeness (QED) is 0.680. The molecule has 0 bridgehead atoms. The first-order valence-corrected chi connectivity index (χ1v) is 7.63. The summed E-state index contributed by atoms with van der Waals surface area (Å²) in [5, 5.41) is 13.9. The second-order valence-corrected chi connectivity index (χ2v) is 5.28. The summed E-state index contributed by atoms with van der Waals surface area (Å²) in [6.45, 7) is 5.16. The summed E-state index contributed by atoms with van der Waals surface area (Å²) in [5.74, 6) is 0.00386. The van der Waals surface area contributed by atoms with Gasteiger partial charge in [-0.3, -0.25) is 4.79 Å². The van der Waals surface area contributed by atoms with Gasteiger partial charge in [-0.1, -0.05) is 0 Å². The molecular weight excluding hydrogens is 300 g/mol. The number of carboxylic acids is 1. The zero-order valence-corrected chi connectivity index (χ0v) is 13.2. The van der Waals surface area contributed by atoms with E-state index in [9.17, 15) is 9.59 Å². The van der Waals surface area contributed by atoms with E-state index in [1.807, 2.05) is 19.1 Å². The third kappa shape index (κ3) is 5.41. The van der Waals surface area contributed by atoms with Gasteiger partial charge in [0, 0.05) is 26.1 Å². The largest absolute Gasteiger partial charge is 0.481 e. The number of carboxylic acid groups (broad SMARTS) is 1. The zero-order chi connectivity index (χ0) is 16.7. The first kappa shape index (κ1) is 17.0. The molecule has 1 saturated heterocycles. The minimum atomic E-state index is -0.869. The molecule has 1 fully saturated rings. The fourth-order valence-corrected chi connectivity index (χ4v) is 2.26. The van der Waals surface area contributed by atoms with Crippen LogP contribution >= 0.6 is 0 Å². The van der Waals surface area contributed by atoms with Gasteiger partial charge in [0.2, 0.25) is 0 Å². The molecule has 23 heavy (non-hydrogen) atoms. The summed E-state index contributed by atoms with van der Waals surface area (Å²) >= 11 is 0. The maximum atomic E-state index is 11.8. The number of nitrogens with zero attached hydrogens (tertiary/aromatic N) is 2. The Hall–Kier alpha value is -2.35. The molecule has 1 aliphatic heterocycles. The van der Waals surface area contributed by atoms with Crippen LogP contribution in [-0.4, -0.2) is 54.9 Å². The first-order valence-electron chi connectivity index (χ1n) is 7.63. The Morgan fingerprint density at radius 1 is 1.35 bits per heavy atom. The second kappa shape index (κ2) is 8.33. The van der Waals surface area contributed by atoms with Crippen LogP contribution in [0.3, 0.4) is 0 Å². The number of hydrogen-bond donors (Lipinski definition) is 3. The van der Waals surface area contributed by atoms with Crippen LogP contribution in [0.25, 0.3) is 0 Å². The third-order valence-corrected chi connectivity index (χ3v) is 3.51. The number of ether oxygens (including phenoxy) is 1. The Balaban J connectivity index is 1.85. The molecule has 1 aromatic heterocycles. The molecule has 0 aromatic carbocycles. The molecule has 2 rings (SSSR count). The van der Waals surface area contributed by atoms with Gasteiger partial charge >= 0.3 is 12.0 Å². The summed E-state index contributed by atoms with van der Waals surface area (Å²) in [4.78, 5) is 28.8. The highest BCUT2D eigenvalue weighted by Crippen LogP contribution is 2.19. The van der Waals surface area contributed by atoms with Crippen molar-refractivity contribution in [2.24, 2.45) is 0 Å². The predicted molar refractivity (Wildman–Crippen MR) is 85.9 cm³/mol. The van der Waals surface area contributed by atoms with Crippen molar-refractivity contribution in [3.05, 3.63) is 17.8 Å². The molecule has 0 radical (unpaired) electrons. The van der Waals surface area contributed by atoms with Gasteiger partial charge in [-0.2, -0.15) is 0 Å². The summed E-state index contributed by atoms with van der Waals surface area (Å²) in [5.41, 5.74) is 1.37.